The Bertz CT molecular complexity index is 4580. The molecule has 0 radical (unpaired) electrons. The molecule has 81 heavy (non-hydrogen) atoms. The van der Waals surface area contributed by atoms with E-state index in [-0.39, 0.29) is 5.28 Å². The molecule has 0 saturated heterocycles. The van der Waals surface area contributed by atoms with Crippen molar-refractivity contribution in [2.24, 2.45) is 0 Å². The quantitative estimate of drug-likeness (QED) is 0.155. The van der Waals surface area contributed by atoms with E-state index in [1.165, 1.54) is 37.2 Å². The predicted octanol–water partition coefficient (Wildman–Crippen LogP) is 18.0. The second-order valence-corrected chi connectivity index (χ2v) is 21.7. The van der Waals surface area contributed by atoms with Crippen LogP contribution < -0.4 is 0 Å². The van der Waals surface area contributed by atoms with E-state index in [1.807, 2.05) is 133 Å². The predicted molar refractivity (Wildman–Crippen MR) is 333 cm³/mol. The van der Waals surface area contributed by atoms with Crippen LogP contribution in [-0.2, 0) is 6.42 Å². The first kappa shape index (κ1) is 49.4. The molecular formula is C69H44ClN9S2. The third kappa shape index (κ3) is 10.0. The van der Waals surface area contributed by atoms with Gasteiger partial charge in [-0.3, -0.25) is 4.57 Å². The molecule has 0 N–H and O–H groups in total. The third-order valence-corrected chi connectivity index (χ3v) is 16.4. The first-order valence-corrected chi connectivity index (χ1v) is 28.4. The minimum Gasteiger partial charge on any atom is -0.278 e. The molecule has 10 aromatic carbocycles. The van der Waals surface area contributed by atoms with Gasteiger partial charge in [-0.2, -0.15) is 19.9 Å². The summed E-state index contributed by atoms with van der Waals surface area (Å²) in [5, 5.41) is 4.60. The van der Waals surface area contributed by atoms with Crippen LogP contribution in [0.2, 0.25) is 5.28 Å². The normalized spacial score (nSPS) is 11.5. The number of hydrogen-bond donors (Lipinski definition) is 0. The van der Waals surface area contributed by atoms with Gasteiger partial charge in [0.25, 0.3) is 0 Å². The molecule has 5 aromatic heterocycles. The van der Waals surface area contributed by atoms with Gasteiger partial charge < -0.3 is 0 Å². The largest absolute Gasteiger partial charge is 0.278 e. The van der Waals surface area contributed by atoms with E-state index in [9.17, 15) is 0 Å². The molecule has 0 fully saturated rings. The maximum Gasteiger partial charge on any atom is 0.238 e. The summed E-state index contributed by atoms with van der Waals surface area (Å²) in [7, 11) is 0. The van der Waals surface area contributed by atoms with Crippen LogP contribution in [0.3, 0.4) is 0 Å². The average Bonchev–Trinajstić information content (AvgIpc) is 4.10. The van der Waals surface area contributed by atoms with Crippen LogP contribution in [0, 0.1) is 0 Å². The van der Waals surface area contributed by atoms with Crippen molar-refractivity contribution in [3.8, 4) is 83.8 Å². The lowest BCUT2D eigenvalue weighted by atomic mass is 10.0. The molecule has 12 heteroatoms. The zero-order valence-corrected chi connectivity index (χ0v) is 45.6. The Morgan fingerprint density at radius 2 is 0.753 bits per heavy atom. The molecule has 9 nitrogen and oxygen atoms in total. The number of hydrogen-bond acceptors (Lipinski definition) is 10. The molecule has 0 bridgehead atoms. The van der Waals surface area contributed by atoms with Crippen LogP contribution in [0.25, 0.3) is 126 Å². The van der Waals surface area contributed by atoms with Crippen molar-refractivity contribution < 1.29 is 0 Å². The monoisotopic (exact) mass is 1100 g/mol. The van der Waals surface area contributed by atoms with Gasteiger partial charge >= 0.3 is 0 Å². The summed E-state index contributed by atoms with van der Waals surface area (Å²) < 4.78 is 4.58. The van der Waals surface area contributed by atoms with Gasteiger partial charge in [-0.05, 0) is 82.7 Å². The summed E-state index contributed by atoms with van der Waals surface area (Å²) in [6.45, 7) is 0. The van der Waals surface area contributed by atoms with Gasteiger partial charge in [0.2, 0.25) is 11.2 Å². The third-order valence-electron chi connectivity index (χ3n) is 14.1. The molecule has 0 saturated carbocycles. The SMILES string of the molecule is Clc1nc(-c2ccccc2)nc(-c2ccccc2)n1.c1ccc(-c2nc(-c3ccccc3)nc(-n3c4ccccc4c4ccc(-c5nc6ccccc6s5)cc43)n2)cc1.c1ccc2c(c1)Cc1cc(-c3nc4ccccc4s3)ccc1-2. The second-order valence-electron chi connectivity index (χ2n) is 19.3. The Hall–Kier alpha value is -9.91. The van der Waals surface area contributed by atoms with Crippen LogP contribution in [0.1, 0.15) is 11.1 Å². The van der Waals surface area contributed by atoms with Crippen molar-refractivity contribution in [3.05, 3.63) is 271 Å². The van der Waals surface area contributed by atoms with Gasteiger partial charge in [-0.25, -0.2) is 19.9 Å². The van der Waals surface area contributed by atoms with E-state index < -0.39 is 0 Å². The van der Waals surface area contributed by atoms with Crippen molar-refractivity contribution in [2.75, 3.05) is 0 Å². The Labute approximate surface area is 479 Å². The fraction of sp³-hybridized carbons (Fsp3) is 0.0145. The number of nitrogens with zero attached hydrogens (tertiary/aromatic N) is 9. The average molecular weight is 1100 g/mol. The Morgan fingerprint density at radius 1 is 0.321 bits per heavy atom. The van der Waals surface area contributed by atoms with E-state index in [0.29, 0.717) is 29.2 Å². The minimum atomic E-state index is 0.202. The van der Waals surface area contributed by atoms with Crippen molar-refractivity contribution in [1.82, 2.24) is 44.4 Å². The molecule has 1 aliphatic rings. The number of aromatic nitrogens is 9. The van der Waals surface area contributed by atoms with Crippen molar-refractivity contribution in [3.63, 3.8) is 0 Å². The van der Waals surface area contributed by atoms with Crippen LogP contribution in [0.5, 0.6) is 0 Å². The molecule has 16 rings (SSSR count). The van der Waals surface area contributed by atoms with Crippen molar-refractivity contribution in [1.29, 1.82) is 0 Å². The highest BCUT2D eigenvalue weighted by molar-refractivity contribution is 7.22. The fourth-order valence-corrected chi connectivity index (χ4v) is 12.4. The zero-order valence-electron chi connectivity index (χ0n) is 43.2. The van der Waals surface area contributed by atoms with E-state index in [4.69, 9.17) is 36.5 Å². The summed E-state index contributed by atoms with van der Waals surface area (Å²) in [4.78, 5) is 37.5. The first-order chi connectivity index (χ1) is 40.0. The molecule has 1 aliphatic carbocycles. The lowest BCUT2D eigenvalue weighted by molar-refractivity contribution is 0.953. The van der Waals surface area contributed by atoms with Crippen LogP contribution in [0.4, 0.5) is 0 Å². The molecule has 0 aliphatic heterocycles. The molecular weight excluding hydrogens is 1050 g/mol. The maximum atomic E-state index is 5.99. The highest BCUT2D eigenvalue weighted by atomic mass is 35.5. The summed E-state index contributed by atoms with van der Waals surface area (Å²) in [6.07, 6.45) is 1.03. The molecule has 5 heterocycles. The minimum absolute atomic E-state index is 0.202. The molecule has 384 valence electrons. The van der Waals surface area contributed by atoms with Gasteiger partial charge in [-0.15, -0.1) is 22.7 Å². The molecule has 15 aromatic rings. The van der Waals surface area contributed by atoms with E-state index in [1.54, 1.807) is 22.7 Å². The fourth-order valence-electron chi connectivity index (χ4n) is 10.3. The van der Waals surface area contributed by atoms with Crippen molar-refractivity contribution >= 4 is 76.5 Å². The maximum absolute atomic E-state index is 5.99. The smallest absolute Gasteiger partial charge is 0.238 e. The summed E-state index contributed by atoms with van der Waals surface area (Å²) >= 11 is 9.46. The number of benzene rings is 10. The zero-order chi connectivity index (χ0) is 54.1. The standard InChI is InChI=1S/C34H21N5S.C20H13NS.C15H10ClN3/c1-3-11-22(12-4-1)31-36-32(23-13-5-2-6-14-23)38-34(37-31)39-28-17-9-7-15-25(28)26-20-19-24(21-29(26)39)33-35-27-16-8-10-18-30(27)40-33;1-2-6-16-13(5-1)11-15-12-14(9-10-17(15)16)20-21-18-7-3-4-8-19(18)22-20;16-15-18-13(11-7-3-1-4-8-11)17-14(19-15)12-9-5-2-6-10-12/h1-21H;1-10,12H,11H2;1-10H. The summed E-state index contributed by atoms with van der Waals surface area (Å²) in [5.74, 6) is 3.02. The summed E-state index contributed by atoms with van der Waals surface area (Å²) in [5.41, 5.74) is 15.8. The summed E-state index contributed by atoms with van der Waals surface area (Å²) in [6, 6.07) is 86.6. The van der Waals surface area contributed by atoms with Gasteiger partial charge in [0.15, 0.2) is 23.3 Å². The number of fused-ring (bicyclic) bond motifs is 8. The van der Waals surface area contributed by atoms with Gasteiger partial charge in [-0.1, -0.05) is 212 Å². The molecule has 0 spiro atoms. The number of para-hydroxylation sites is 3. The Kier molecular flexibility index (Phi) is 13.2. The van der Waals surface area contributed by atoms with Crippen LogP contribution >= 0.6 is 34.3 Å². The lowest BCUT2D eigenvalue weighted by Gasteiger charge is -2.11. The molecule has 0 atom stereocenters. The van der Waals surface area contributed by atoms with Crippen molar-refractivity contribution in [2.45, 2.75) is 6.42 Å². The van der Waals surface area contributed by atoms with E-state index in [2.05, 4.69) is 141 Å². The Morgan fingerprint density at radius 3 is 1.31 bits per heavy atom. The number of rotatable bonds is 7. The van der Waals surface area contributed by atoms with E-state index >= 15 is 0 Å². The first-order valence-electron chi connectivity index (χ1n) is 26.4. The molecule has 0 unspecified atom stereocenters. The molecule has 0 amide bonds. The van der Waals surface area contributed by atoms with Gasteiger partial charge in [0.05, 0.1) is 31.5 Å². The van der Waals surface area contributed by atoms with Gasteiger partial charge in [0.1, 0.15) is 10.0 Å². The Balaban J connectivity index is 0.000000121. The van der Waals surface area contributed by atoms with Crippen LogP contribution in [-0.4, -0.2) is 44.4 Å². The lowest BCUT2D eigenvalue weighted by Crippen LogP contribution is -2.06. The van der Waals surface area contributed by atoms with E-state index in [0.717, 1.165) is 77.1 Å². The number of thiazole rings is 2. The second kappa shape index (κ2) is 21.7. The highest BCUT2D eigenvalue weighted by Gasteiger charge is 2.21. The van der Waals surface area contributed by atoms with Gasteiger partial charge in [0, 0.05) is 44.2 Å². The number of halogens is 1. The highest BCUT2D eigenvalue weighted by Crippen LogP contribution is 2.41. The topological polar surface area (TPSA) is 108 Å². The van der Waals surface area contributed by atoms with Crippen LogP contribution in [0.15, 0.2) is 255 Å².